The van der Waals surface area contributed by atoms with E-state index in [1.807, 2.05) is 31.2 Å². The Morgan fingerprint density at radius 3 is 2.52 bits per heavy atom. The molecule has 0 saturated carbocycles. The highest BCUT2D eigenvalue weighted by Crippen LogP contribution is 2.25. The topological polar surface area (TPSA) is 93.2 Å². The van der Waals surface area contributed by atoms with Crippen LogP contribution >= 0.6 is 0 Å². The lowest BCUT2D eigenvalue weighted by molar-refractivity contribution is -0.111. The summed E-state index contributed by atoms with van der Waals surface area (Å²) >= 11 is 0. The summed E-state index contributed by atoms with van der Waals surface area (Å²) in [5.74, 6) is 0.186. The Bertz CT molecular complexity index is 1210. The number of carbonyl (C=O) groups excluding carboxylic acids is 1. The molecule has 0 aliphatic heterocycles. The normalized spacial score (nSPS) is 11.2. The lowest BCUT2D eigenvalue weighted by atomic mass is 10.1. The van der Waals surface area contributed by atoms with Gasteiger partial charge in [-0.15, -0.1) is 0 Å². The number of fused-ring (bicyclic) bond motifs is 1. The zero-order valence-corrected chi connectivity index (χ0v) is 15.8. The second-order valence-electron chi connectivity index (χ2n) is 6.81. The van der Waals surface area contributed by atoms with E-state index in [9.17, 15) is 10.0 Å². The zero-order valence-electron chi connectivity index (χ0n) is 15.8. The van der Waals surface area contributed by atoms with E-state index in [-0.39, 0.29) is 5.91 Å². The van der Waals surface area contributed by atoms with E-state index in [1.165, 1.54) is 11.6 Å². The van der Waals surface area contributed by atoms with Gasteiger partial charge in [0.25, 0.3) is 0 Å². The molecule has 6 heteroatoms. The predicted octanol–water partition coefficient (Wildman–Crippen LogP) is 4.48. The van der Waals surface area contributed by atoms with Crippen molar-refractivity contribution in [2.45, 2.75) is 6.92 Å². The Balaban J connectivity index is 1.48. The Kier molecular flexibility index (Phi) is 4.75. The van der Waals surface area contributed by atoms with E-state index in [4.69, 9.17) is 5.73 Å². The molecule has 0 aliphatic rings. The molecule has 4 N–H and O–H groups in total. The van der Waals surface area contributed by atoms with Crippen LogP contribution in [0.25, 0.3) is 28.5 Å². The van der Waals surface area contributed by atoms with Crippen LogP contribution < -0.4 is 11.1 Å². The Morgan fingerprint density at radius 2 is 1.79 bits per heavy atom. The third kappa shape index (κ3) is 3.96. The molecule has 144 valence electrons. The summed E-state index contributed by atoms with van der Waals surface area (Å²) in [6.45, 7) is 2.02. The van der Waals surface area contributed by atoms with Crippen LogP contribution in [0.3, 0.4) is 0 Å². The van der Waals surface area contributed by atoms with Crippen molar-refractivity contribution in [1.29, 1.82) is 0 Å². The van der Waals surface area contributed by atoms with Crippen LogP contribution in [-0.4, -0.2) is 20.8 Å². The summed E-state index contributed by atoms with van der Waals surface area (Å²) < 4.78 is 1.02. The number of carbonyl (C=O) groups is 1. The van der Waals surface area contributed by atoms with Gasteiger partial charge in [0.2, 0.25) is 5.91 Å². The number of nitrogen functional groups attached to an aromatic ring is 1. The highest BCUT2D eigenvalue weighted by Gasteiger charge is 2.12. The van der Waals surface area contributed by atoms with Crippen LogP contribution in [0.15, 0.2) is 72.8 Å². The van der Waals surface area contributed by atoms with Crippen molar-refractivity contribution in [2.75, 3.05) is 11.1 Å². The number of benzene rings is 3. The van der Waals surface area contributed by atoms with E-state index in [0.29, 0.717) is 28.2 Å². The molecule has 3 aromatic carbocycles. The second kappa shape index (κ2) is 7.52. The highest BCUT2D eigenvalue weighted by molar-refractivity contribution is 6.02. The first-order valence-corrected chi connectivity index (χ1v) is 9.13. The van der Waals surface area contributed by atoms with Crippen LogP contribution in [0.1, 0.15) is 11.1 Å². The molecule has 0 atom stereocenters. The number of aromatic nitrogens is 2. The maximum Gasteiger partial charge on any atom is 0.248 e. The molecule has 4 rings (SSSR count). The molecule has 1 heterocycles. The van der Waals surface area contributed by atoms with Crippen LogP contribution in [0.2, 0.25) is 0 Å². The zero-order chi connectivity index (χ0) is 20.4. The Labute approximate surface area is 167 Å². The largest absolute Gasteiger partial charge is 0.426 e. The third-order valence-corrected chi connectivity index (χ3v) is 4.57. The van der Waals surface area contributed by atoms with E-state index >= 15 is 0 Å². The molecule has 29 heavy (non-hydrogen) atoms. The third-order valence-electron chi connectivity index (χ3n) is 4.57. The number of hydrogen-bond acceptors (Lipinski definition) is 4. The molecule has 0 radical (unpaired) electrons. The minimum atomic E-state index is -0.219. The quantitative estimate of drug-likeness (QED) is 0.275. The molecular formula is C23H20N4O2. The van der Waals surface area contributed by atoms with Crippen LogP contribution in [-0.2, 0) is 4.79 Å². The van der Waals surface area contributed by atoms with E-state index in [0.717, 1.165) is 15.9 Å². The lowest BCUT2D eigenvalue weighted by Gasteiger charge is -2.05. The van der Waals surface area contributed by atoms with Gasteiger partial charge in [0.15, 0.2) is 5.82 Å². The van der Waals surface area contributed by atoms with Crippen molar-refractivity contribution in [1.82, 2.24) is 9.71 Å². The standard InChI is InChI=1S/C23H20N4O2/c1-15-2-4-16(5-3-15)6-13-22(28)25-19-10-7-17(8-11-19)23-26-20-12-9-18(24)14-21(20)27(23)29/h2-14,29H,24H2,1H3,(H,25,28)/b13-6+. The van der Waals surface area contributed by atoms with Gasteiger partial charge in [-0.1, -0.05) is 29.8 Å². The van der Waals surface area contributed by atoms with Gasteiger partial charge in [0.05, 0.1) is 5.52 Å². The van der Waals surface area contributed by atoms with Crippen molar-refractivity contribution in [3.05, 3.63) is 83.9 Å². The van der Waals surface area contributed by atoms with Crippen LogP contribution in [0.5, 0.6) is 0 Å². The maximum absolute atomic E-state index is 12.1. The van der Waals surface area contributed by atoms with Gasteiger partial charge in [0, 0.05) is 23.0 Å². The fourth-order valence-corrected chi connectivity index (χ4v) is 3.00. The van der Waals surface area contributed by atoms with Crippen molar-refractivity contribution >= 4 is 34.4 Å². The molecular weight excluding hydrogens is 364 g/mol. The lowest BCUT2D eigenvalue weighted by Crippen LogP contribution is -2.07. The number of nitrogens with one attached hydrogen (secondary N) is 1. The van der Waals surface area contributed by atoms with Gasteiger partial charge < -0.3 is 16.3 Å². The average Bonchev–Trinajstić information content (AvgIpc) is 3.04. The molecule has 0 unspecified atom stereocenters. The second-order valence-corrected chi connectivity index (χ2v) is 6.81. The summed E-state index contributed by atoms with van der Waals surface area (Å²) in [7, 11) is 0. The molecule has 0 spiro atoms. The molecule has 0 saturated heterocycles. The first-order valence-electron chi connectivity index (χ1n) is 9.13. The number of nitrogens with zero attached hydrogens (tertiary/aromatic N) is 2. The fraction of sp³-hybridized carbons (Fsp3) is 0.0435. The fourth-order valence-electron chi connectivity index (χ4n) is 3.00. The molecule has 6 nitrogen and oxygen atoms in total. The Morgan fingerprint density at radius 1 is 1.07 bits per heavy atom. The summed E-state index contributed by atoms with van der Waals surface area (Å²) in [5, 5.41) is 13.2. The van der Waals surface area contributed by atoms with Crippen molar-refractivity contribution < 1.29 is 10.0 Å². The molecule has 4 aromatic rings. The molecule has 0 bridgehead atoms. The smallest absolute Gasteiger partial charge is 0.248 e. The number of aryl methyl sites for hydroxylation is 1. The predicted molar refractivity (Wildman–Crippen MR) is 116 cm³/mol. The summed E-state index contributed by atoms with van der Waals surface area (Å²) in [5.41, 5.74) is 11.0. The molecule has 1 aromatic heterocycles. The SMILES string of the molecule is Cc1ccc(/C=C/C(=O)Nc2ccc(-c3nc4ccc(N)cc4n3O)cc2)cc1. The molecule has 0 aliphatic carbocycles. The minimum Gasteiger partial charge on any atom is -0.426 e. The van der Waals surface area contributed by atoms with E-state index in [2.05, 4.69) is 10.3 Å². The van der Waals surface area contributed by atoms with Gasteiger partial charge >= 0.3 is 0 Å². The number of nitrogens with two attached hydrogens (primary N) is 1. The van der Waals surface area contributed by atoms with E-state index < -0.39 is 0 Å². The molecule has 0 fully saturated rings. The maximum atomic E-state index is 12.1. The first kappa shape index (κ1) is 18.3. The summed E-state index contributed by atoms with van der Waals surface area (Å²) in [4.78, 5) is 16.6. The first-order chi connectivity index (χ1) is 14.0. The van der Waals surface area contributed by atoms with Gasteiger partial charge in [-0.25, -0.2) is 4.98 Å². The Hall–Kier alpha value is -4.06. The summed E-state index contributed by atoms with van der Waals surface area (Å²) in [6, 6.07) is 20.2. The van der Waals surface area contributed by atoms with Crippen LogP contribution in [0, 0.1) is 6.92 Å². The number of hydrogen-bond donors (Lipinski definition) is 3. The van der Waals surface area contributed by atoms with Gasteiger partial charge in [0.1, 0.15) is 5.52 Å². The van der Waals surface area contributed by atoms with Gasteiger partial charge in [-0.05, 0) is 61.0 Å². The molecule has 1 amide bonds. The van der Waals surface area contributed by atoms with Crippen molar-refractivity contribution in [3.63, 3.8) is 0 Å². The highest BCUT2D eigenvalue weighted by atomic mass is 16.5. The van der Waals surface area contributed by atoms with Gasteiger partial charge in [-0.3, -0.25) is 4.79 Å². The van der Waals surface area contributed by atoms with Gasteiger partial charge in [-0.2, -0.15) is 4.73 Å². The van der Waals surface area contributed by atoms with Crippen molar-refractivity contribution in [2.24, 2.45) is 0 Å². The summed E-state index contributed by atoms with van der Waals surface area (Å²) in [6.07, 6.45) is 3.26. The number of imidazole rings is 1. The van der Waals surface area contributed by atoms with Crippen LogP contribution in [0.4, 0.5) is 11.4 Å². The number of rotatable bonds is 4. The average molecular weight is 384 g/mol. The number of amides is 1. The van der Waals surface area contributed by atoms with Crippen molar-refractivity contribution in [3.8, 4) is 11.4 Å². The van der Waals surface area contributed by atoms with E-state index in [1.54, 1.807) is 48.5 Å². The minimum absolute atomic E-state index is 0.219. The number of anilines is 2. The monoisotopic (exact) mass is 384 g/mol.